The molecule has 3 rings (SSSR count). The molecule has 0 atom stereocenters. The molecule has 0 amide bonds. The molecule has 2 aromatic heterocycles. The van der Waals surface area contributed by atoms with E-state index in [9.17, 15) is 0 Å². The lowest BCUT2D eigenvalue weighted by Gasteiger charge is -2.07. The molecule has 1 aromatic carbocycles. The molecule has 20 heavy (non-hydrogen) atoms. The summed E-state index contributed by atoms with van der Waals surface area (Å²) in [6.07, 6.45) is 0. The highest BCUT2D eigenvalue weighted by Gasteiger charge is 2.16. The Morgan fingerprint density at radius 3 is 2.80 bits per heavy atom. The Labute approximate surface area is 136 Å². The molecule has 0 unspecified atom stereocenters. The molecular weight excluding hydrogens is 404 g/mol. The Kier molecular flexibility index (Phi) is 3.66. The zero-order valence-electron chi connectivity index (χ0n) is 10.5. The Morgan fingerprint density at radius 1 is 1.30 bits per heavy atom. The number of aromatic nitrogens is 3. The minimum atomic E-state index is 0.654. The second-order valence-electron chi connectivity index (χ2n) is 4.21. The van der Waals surface area contributed by atoms with Crippen LogP contribution in [0.4, 0.5) is 5.69 Å². The van der Waals surface area contributed by atoms with E-state index >= 15 is 0 Å². The topological polar surface area (TPSA) is 56.7 Å². The number of anilines is 1. The Balaban J connectivity index is 2.16. The van der Waals surface area contributed by atoms with Gasteiger partial charge in [-0.25, -0.2) is 9.67 Å². The van der Waals surface area contributed by atoms with E-state index in [1.54, 1.807) is 16.0 Å². The average Bonchev–Trinajstić information content (AvgIpc) is 3.02. The summed E-state index contributed by atoms with van der Waals surface area (Å²) in [5.41, 5.74) is 7.64. The minimum Gasteiger partial charge on any atom is -0.397 e. The standard InChI is InChI=1S/C13H10Br2N4S/c1-19-13(8-5-7(14)6-9(15)11(8)16)17-12(18-19)10-3-2-4-20-10/h2-6H,16H2,1H3. The summed E-state index contributed by atoms with van der Waals surface area (Å²) in [5.74, 6) is 1.46. The molecule has 2 heterocycles. The van der Waals surface area contributed by atoms with Crippen LogP contribution < -0.4 is 5.73 Å². The molecule has 102 valence electrons. The zero-order valence-corrected chi connectivity index (χ0v) is 14.5. The van der Waals surface area contributed by atoms with Crippen LogP contribution in [0.5, 0.6) is 0 Å². The van der Waals surface area contributed by atoms with Gasteiger partial charge in [-0.05, 0) is 39.5 Å². The normalized spacial score (nSPS) is 10.9. The number of thiophene rings is 1. The van der Waals surface area contributed by atoms with Crippen LogP contribution in [0.2, 0.25) is 0 Å². The number of aryl methyl sites for hydroxylation is 1. The first-order valence-corrected chi connectivity index (χ1v) is 8.22. The number of rotatable bonds is 2. The summed E-state index contributed by atoms with van der Waals surface area (Å²) in [6.45, 7) is 0. The molecule has 0 saturated carbocycles. The SMILES string of the molecule is Cn1nc(-c2cccs2)nc1-c1cc(Br)cc(Br)c1N. The van der Waals surface area contributed by atoms with Crippen LogP contribution in [-0.4, -0.2) is 14.8 Å². The lowest BCUT2D eigenvalue weighted by atomic mass is 10.1. The van der Waals surface area contributed by atoms with Gasteiger partial charge >= 0.3 is 0 Å². The summed E-state index contributed by atoms with van der Waals surface area (Å²) < 4.78 is 3.52. The molecular formula is C13H10Br2N4S. The third-order valence-electron chi connectivity index (χ3n) is 2.84. The zero-order chi connectivity index (χ0) is 14.3. The van der Waals surface area contributed by atoms with Crippen molar-refractivity contribution in [3.8, 4) is 22.1 Å². The van der Waals surface area contributed by atoms with E-state index in [1.807, 2.05) is 36.7 Å². The van der Waals surface area contributed by atoms with Crippen LogP contribution >= 0.6 is 43.2 Å². The van der Waals surface area contributed by atoms with E-state index in [1.165, 1.54) is 0 Å². The highest BCUT2D eigenvalue weighted by atomic mass is 79.9. The highest BCUT2D eigenvalue weighted by Crippen LogP contribution is 2.35. The van der Waals surface area contributed by atoms with E-state index in [0.717, 1.165) is 25.2 Å². The van der Waals surface area contributed by atoms with Crippen LogP contribution in [0, 0.1) is 0 Å². The van der Waals surface area contributed by atoms with Crippen LogP contribution in [-0.2, 0) is 7.05 Å². The molecule has 0 aliphatic carbocycles. The van der Waals surface area contributed by atoms with Gasteiger partial charge in [0.05, 0.1) is 10.6 Å². The number of halogens is 2. The number of nitrogens with two attached hydrogens (primary N) is 1. The van der Waals surface area contributed by atoms with E-state index < -0.39 is 0 Å². The third-order valence-corrected chi connectivity index (χ3v) is 4.82. The van der Waals surface area contributed by atoms with Crippen LogP contribution in [0.25, 0.3) is 22.1 Å². The van der Waals surface area contributed by atoms with Crippen molar-refractivity contribution in [3.63, 3.8) is 0 Å². The molecule has 0 aliphatic heterocycles. The van der Waals surface area contributed by atoms with Gasteiger partial charge in [0.15, 0.2) is 11.6 Å². The molecule has 0 fully saturated rings. The number of hydrogen-bond acceptors (Lipinski definition) is 4. The summed E-state index contributed by atoms with van der Waals surface area (Å²) in [4.78, 5) is 5.65. The molecule has 0 bridgehead atoms. The van der Waals surface area contributed by atoms with Gasteiger partial charge < -0.3 is 5.73 Å². The van der Waals surface area contributed by atoms with Gasteiger partial charge in [0, 0.05) is 21.6 Å². The van der Waals surface area contributed by atoms with Crippen molar-refractivity contribution in [2.24, 2.45) is 7.05 Å². The largest absolute Gasteiger partial charge is 0.397 e. The van der Waals surface area contributed by atoms with Crippen molar-refractivity contribution in [1.29, 1.82) is 0 Å². The van der Waals surface area contributed by atoms with Crippen molar-refractivity contribution >= 4 is 48.9 Å². The first kappa shape index (κ1) is 13.8. The van der Waals surface area contributed by atoms with Gasteiger partial charge in [-0.1, -0.05) is 22.0 Å². The van der Waals surface area contributed by atoms with Gasteiger partial charge in [0.25, 0.3) is 0 Å². The fraction of sp³-hybridized carbons (Fsp3) is 0.0769. The van der Waals surface area contributed by atoms with Crippen molar-refractivity contribution in [2.75, 3.05) is 5.73 Å². The lowest BCUT2D eigenvalue weighted by molar-refractivity contribution is 0.778. The number of benzene rings is 1. The van der Waals surface area contributed by atoms with Gasteiger partial charge in [0.1, 0.15) is 0 Å². The summed E-state index contributed by atoms with van der Waals surface area (Å²) in [6, 6.07) is 7.85. The molecule has 3 aromatic rings. The first-order chi connectivity index (χ1) is 9.56. The van der Waals surface area contributed by atoms with Crippen molar-refractivity contribution in [2.45, 2.75) is 0 Å². The molecule has 4 nitrogen and oxygen atoms in total. The molecule has 2 N–H and O–H groups in total. The van der Waals surface area contributed by atoms with Crippen LogP contribution in [0.1, 0.15) is 0 Å². The summed E-state index contributed by atoms with van der Waals surface area (Å²) in [5, 5.41) is 6.47. The minimum absolute atomic E-state index is 0.654. The fourth-order valence-corrected chi connectivity index (χ4v) is 3.78. The number of nitrogens with zero attached hydrogens (tertiary/aromatic N) is 3. The third kappa shape index (κ3) is 2.41. The van der Waals surface area contributed by atoms with E-state index in [2.05, 4.69) is 41.9 Å². The maximum atomic E-state index is 6.13. The van der Waals surface area contributed by atoms with Gasteiger partial charge in [-0.2, -0.15) is 0 Å². The molecule has 0 aliphatic rings. The quantitative estimate of drug-likeness (QED) is 0.636. The second kappa shape index (κ2) is 5.31. The van der Waals surface area contributed by atoms with Crippen LogP contribution in [0.15, 0.2) is 38.6 Å². The van der Waals surface area contributed by atoms with Gasteiger partial charge in [0.2, 0.25) is 0 Å². The Hall–Kier alpha value is -1.18. The predicted molar refractivity (Wildman–Crippen MR) is 89.6 cm³/mol. The van der Waals surface area contributed by atoms with Crippen molar-refractivity contribution in [1.82, 2.24) is 14.8 Å². The lowest BCUT2D eigenvalue weighted by Crippen LogP contribution is -1.99. The van der Waals surface area contributed by atoms with E-state index in [4.69, 9.17) is 5.73 Å². The predicted octanol–water partition coefficient (Wildman–Crippen LogP) is 4.32. The van der Waals surface area contributed by atoms with E-state index in [-0.39, 0.29) is 0 Å². The van der Waals surface area contributed by atoms with Gasteiger partial charge in [-0.3, -0.25) is 0 Å². The van der Waals surface area contributed by atoms with Crippen LogP contribution in [0.3, 0.4) is 0 Å². The van der Waals surface area contributed by atoms with Crippen molar-refractivity contribution in [3.05, 3.63) is 38.6 Å². The number of hydrogen-bond donors (Lipinski definition) is 1. The first-order valence-electron chi connectivity index (χ1n) is 5.76. The molecule has 7 heteroatoms. The fourth-order valence-electron chi connectivity index (χ4n) is 1.90. The second-order valence-corrected chi connectivity index (χ2v) is 6.93. The maximum Gasteiger partial charge on any atom is 0.191 e. The Bertz CT molecular complexity index is 765. The monoisotopic (exact) mass is 412 g/mol. The Morgan fingerprint density at radius 2 is 2.10 bits per heavy atom. The molecule has 0 radical (unpaired) electrons. The van der Waals surface area contributed by atoms with Gasteiger partial charge in [-0.15, -0.1) is 16.4 Å². The van der Waals surface area contributed by atoms with Crippen molar-refractivity contribution < 1.29 is 0 Å². The molecule has 0 saturated heterocycles. The highest BCUT2D eigenvalue weighted by molar-refractivity contribution is 9.11. The summed E-state index contributed by atoms with van der Waals surface area (Å²) in [7, 11) is 1.87. The molecule has 0 spiro atoms. The van der Waals surface area contributed by atoms with E-state index in [0.29, 0.717) is 11.5 Å². The summed E-state index contributed by atoms with van der Waals surface area (Å²) >= 11 is 8.54. The maximum absolute atomic E-state index is 6.13. The average molecular weight is 414 g/mol. The smallest absolute Gasteiger partial charge is 0.191 e. The number of nitrogen functional groups attached to an aromatic ring is 1.